The number of carbonyl (C=O) groups excluding carboxylic acids is 1. The molecule has 9 heteroatoms. The van der Waals surface area contributed by atoms with E-state index in [-0.39, 0.29) is 18.8 Å². The minimum absolute atomic E-state index is 0.00373. The summed E-state index contributed by atoms with van der Waals surface area (Å²) in [6.07, 6.45) is -4.89. The second kappa shape index (κ2) is 11.1. The third-order valence-electron chi connectivity index (χ3n) is 7.13. The van der Waals surface area contributed by atoms with E-state index < -0.39 is 29.0 Å². The van der Waals surface area contributed by atoms with Gasteiger partial charge in [-0.3, -0.25) is 4.79 Å². The zero-order valence-electron chi connectivity index (χ0n) is 23.1. The van der Waals surface area contributed by atoms with Gasteiger partial charge in [0.2, 0.25) is 0 Å². The molecule has 0 radical (unpaired) electrons. The molecular weight excluding hydrogens is 543 g/mol. The minimum atomic E-state index is -4.89. The first-order valence-electron chi connectivity index (χ1n) is 13.2. The highest BCUT2D eigenvalue weighted by Crippen LogP contribution is 2.38. The van der Waals surface area contributed by atoms with E-state index in [4.69, 9.17) is 11.3 Å². The number of hydrogen-bond acceptors (Lipinski definition) is 3. The fourth-order valence-corrected chi connectivity index (χ4v) is 5.03. The summed E-state index contributed by atoms with van der Waals surface area (Å²) in [5.41, 5.74) is 2.30. The van der Waals surface area contributed by atoms with Crippen LogP contribution in [0.1, 0.15) is 39.7 Å². The molecule has 0 aliphatic carbocycles. The number of alkyl halides is 3. The average Bonchev–Trinajstić information content (AvgIpc) is 3.38. The molecule has 1 N–H and O–H groups in total. The van der Waals surface area contributed by atoms with E-state index in [0.29, 0.717) is 22.3 Å². The number of aromatic nitrogens is 2. The number of halogens is 3. The SMILES string of the molecule is [C-]#[N+]c1c(C(F)(F)F)cc(-c2cccc(-c3ccc4cc(C(=O)OCC)[nH]c4c3)c2)n(Cc2ccc(C)cc2C)c1=O. The van der Waals surface area contributed by atoms with Gasteiger partial charge in [-0.1, -0.05) is 54.1 Å². The number of H-pyrrole nitrogens is 1. The van der Waals surface area contributed by atoms with Crippen LogP contribution < -0.4 is 5.56 Å². The molecule has 3 aromatic carbocycles. The topological polar surface area (TPSA) is 68.5 Å². The Hall–Kier alpha value is -5.10. The molecule has 0 saturated carbocycles. The number of esters is 1. The Morgan fingerprint density at radius 1 is 0.976 bits per heavy atom. The molecule has 0 fully saturated rings. The lowest BCUT2D eigenvalue weighted by Crippen LogP contribution is -2.25. The van der Waals surface area contributed by atoms with Crippen molar-refractivity contribution in [2.45, 2.75) is 33.5 Å². The van der Waals surface area contributed by atoms with Gasteiger partial charge in [-0.25, -0.2) is 9.64 Å². The summed E-state index contributed by atoms with van der Waals surface area (Å²) in [5, 5.41) is 0.796. The highest BCUT2D eigenvalue weighted by Gasteiger charge is 2.36. The Morgan fingerprint density at radius 3 is 2.40 bits per heavy atom. The fourth-order valence-electron chi connectivity index (χ4n) is 5.03. The lowest BCUT2D eigenvalue weighted by atomic mass is 9.99. The number of benzene rings is 3. The van der Waals surface area contributed by atoms with Gasteiger partial charge in [0.05, 0.1) is 25.3 Å². The van der Waals surface area contributed by atoms with Crippen molar-refractivity contribution in [3.63, 3.8) is 0 Å². The van der Waals surface area contributed by atoms with Crippen LogP contribution in [0.15, 0.2) is 77.6 Å². The van der Waals surface area contributed by atoms with Gasteiger partial charge in [0, 0.05) is 16.6 Å². The van der Waals surface area contributed by atoms with Gasteiger partial charge in [-0.2, -0.15) is 13.2 Å². The maximum atomic E-state index is 14.1. The zero-order chi connectivity index (χ0) is 30.2. The third-order valence-corrected chi connectivity index (χ3v) is 7.13. The third kappa shape index (κ3) is 5.44. The number of aryl methyl sites for hydroxylation is 2. The van der Waals surface area contributed by atoms with Crippen LogP contribution in [0.5, 0.6) is 0 Å². The van der Waals surface area contributed by atoms with E-state index >= 15 is 0 Å². The minimum Gasteiger partial charge on any atom is -0.461 e. The number of fused-ring (bicyclic) bond motifs is 1. The molecule has 2 heterocycles. The molecule has 2 aromatic heterocycles. The number of nitrogens with one attached hydrogen (secondary N) is 1. The zero-order valence-corrected chi connectivity index (χ0v) is 23.1. The second-order valence-corrected chi connectivity index (χ2v) is 10.0. The van der Waals surface area contributed by atoms with Gasteiger partial charge in [0.1, 0.15) is 5.69 Å². The van der Waals surface area contributed by atoms with Gasteiger partial charge < -0.3 is 14.3 Å². The number of aromatic amines is 1. The van der Waals surface area contributed by atoms with Crippen molar-refractivity contribution in [2.24, 2.45) is 0 Å². The van der Waals surface area contributed by atoms with Crippen LogP contribution in [0.25, 0.3) is 38.1 Å². The molecular formula is C33H26F3N3O3. The fraction of sp³-hybridized carbons (Fsp3) is 0.182. The first-order valence-corrected chi connectivity index (χ1v) is 13.2. The Kier molecular flexibility index (Phi) is 7.48. The van der Waals surface area contributed by atoms with Crippen LogP contribution in [0.4, 0.5) is 18.9 Å². The van der Waals surface area contributed by atoms with E-state index in [2.05, 4.69) is 9.83 Å². The second-order valence-electron chi connectivity index (χ2n) is 10.0. The normalized spacial score (nSPS) is 11.5. The van der Waals surface area contributed by atoms with Crippen LogP contribution in [-0.4, -0.2) is 22.1 Å². The maximum absolute atomic E-state index is 14.1. The van der Waals surface area contributed by atoms with Crippen LogP contribution >= 0.6 is 0 Å². The van der Waals surface area contributed by atoms with Crippen molar-refractivity contribution in [3.05, 3.63) is 123 Å². The standard InChI is InChI=1S/C33H26F3N3O3/c1-5-42-32(41)28-16-23-12-11-22(15-27(23)38-28)21-7-6-8-24(14-21)29-17-26(33(34,35)36)30(37-4)31(40)39(29)18-25-10-9-19(2)13-20(25)3/h6-17,38H,5,18H2,1-3H3. The first-order chi connectivity index (χ1) is 20.0. The lowest BCUT2D eigenvalue weighted by molar-refractivity contribution is -0.136. The summed E-state index contributed by atoms with van der Waals surface area (Å²) in [4.78, 5) is 31.7. The number of carbonyl (C=O) groups is 1. The largest absolute Gasteiger partial charge is 0.461 e. The van der Waals surface area contributed by atoms with Crippen LogP contribution in [0.2, 0.25) is 0 Å². The maximum Gasteiger partial charge on any atom is 0.407 e. The number of pyridine rings is 1. The van der Waals surface area contributed by atoms with Crippen molar-refractivity contribution in [3.8, 4) is 22.4 Å². The van der Waals surface area contributed by atoms with Gasteiger partial charge in [-0.05, 0) is 72.9 Å². The Balaban J connectivity index is 1.66. The number of ether oxygens (including phenoxy) is 1. The van der Waals surface area contributed by atoms with Crippen molar-refractivity contribution < 1.29 is 22.7 Å². The number of rotatable bonds is 6. The van der Waals surface area contributed by atoms with Gasteiger partial charge in [0.15, 0.2) is 0 Å². The van der Waals surface area contributed by atoms with Crippen molar-refractivity contribution in [2.75, 3.05) is 6.61 Å². The van der Waals surface area contributed by atoms with Gasteiger partial charge >= 0.3 is 12.1 Å². The van der Waals surface area contributed by atoms with E-state index in [1.165, 1.54) is 4.57 Å². The van der Waals surface area contributed by atoms with E-state index in [0.717, 1.165) is 33.7 Å². The van der Waals surface area contributed by atoms with E-state index in [1.54, 1.807) is 31.2 Å². The van der Waals surface area contributed by atoms with Gasteiger partial charge in [0.25, 0.3) is 11.2 Å². The average molecular weight is 570 g/mol. The lowest BCUT2D eigenvalue weighted by Gasteiger charge is -2.19. The highest BCUT2D eigenvalue weighted by atomic mass is 19.4. The van der Waals surface area contributed by atoms with E-state index in [9.17, 15) is 22.8 Å². The molecule has 5 aromatic rings. The summed E-state index contributed by atoms with van der Waals surface area (Å²) in [5.74, 6) is -0.470. The molecule has 0 spiro atoms. The summed E-state index contributed by atoms with van der Waals surface area (Å²) < 4.78 is 48.5. The van der Waals surface area contributed by atoms with Crippen LogP contribution in [0.3, 0.4) is 0 Å². The molecule has 0 aliphatic heterocycles. The van der Waals surface area contributed by atoms with Crippen molar-refractivity contribution in [1.82, 2.24) is 9.55 Å². The molecule has 5 rings (SSSR count). The van der Waals surface area contributed by atoms with Crippen molar-refractivity contribution in [1.29, 1.82) is 0 Å². The summed E-state index contributed by atoms with van der Waals surface area (Å²) in [6, 6.07) is 20.6. The molecule has 0 saturated heterocycles. The molecule has 0 bridgehead atoms. The summed E-state index contributed by atoms with van der Waals surface area (Å²) in [7, 11) is 0. The summed E-state index contributed by atoms with van der Waals surface area (Å²) in [6.45, 7) is 13.1. The molecule has 0 aliphatic rings. The molecule has 0 amide bonds. The smallest absolute Gasteiger partial charge is 0.407 e. The number of nitrogens with zero attached hydrogens (tertiary/aromatic N) is 2. The Morgan fingerprint density at radius 2 is 1.71 bits per heavy atom. The first kappa shape index (κ1) is 28.4. The molecule has 0 unspecified atom stereocenters. The van der Waals surface area contributed by atoms with Crippen LogP contribution in [-0.2, 0) is 17.5 Å². The highest BCUT2D eigenvalue weighted by molar-refractivity contribution is 5.96. The monoisotopic (exact) mass is 569 g/mol. The Bertz CT molecular complexity index is 1940. The quantitative estimate of drug-likeness (QED) is 0.166. The summed E-state index contributed by atoms with van der Waals surface area (Å²) >= 11 is 0. The molecule has 212 valence electrons. The number of hydrogen-bond donors (Lipinski definition) is 1. The van der Waals surface area contributed by atoms with E-state index in [1.807, 2.05) is 56.3 Å². The molecule has 0 atom stereocenters. The Labute approximate surface area is 239 Å². The van der Waals surface area contributed by atoms with Crippen LogP contribution in [0, 0.1) is 20.4 Å². The predicted molar refractivity (Wildman–Crippen MR) is 156 cm³/mol. The van der Waals surface area contributed by atoms with Gasteiger partial charge in [-0.15, -0.1) is 0 Å². The molecule has 6 nitrogen and oxygen atoms in total. The predicted octanol–water partition coefficient (Wildman–Crippen LogP) is 8.08. The van der Waals surface area contributed by atoms with Crippen molar-refractivity contribution >= 4 is 22.6 Å². The molecule has 42 heavy (non-hydrogen) atoms.